The second-order valence-electron chi connectivity index (χ2n) is 2.71. The van der Waals surface area contributed by atoms with Crippen LogP contribution in [0.5, 0.6) is 0 Å². The Morgan fingerprint density at radius 3 is 3.27 bits per heavy atom. The Balaban J connectivity index is 2.46. The molecule has 2 heterocycles. The third-order valence-electron chi connectivity index (χ3n) is 1.95. The summed E-state index contributed by atoms with van der Waals surface area (Å²) < 4.78 is 1.96. The molecule has 0 N–H and O–H groups in total. The summed E-state index contributed by atoms with van der Waals surface area (Å²) in [7, 11) is 2.01. The molecule has 1 aromatic rings. The normalized spacial score (nSPS) is 16.8. The molecule has 3 nitrogen and oxygen atoms in total. The van der Waals surface area contributed by atoms with E-state index >= 15 is 0 Å². The third kappa shape index (κ3) is 0.939. The second kappa shape index (κ2) is 2.30. The molecule has 0 atom stereocenters. The molecule has 0 amide bonds. The van der Waals surface area contributed by atoms with E-state index in [1.54, 1.807) is 6.33 Å². The van der Waals surface area contributed by atoms with Crippen LogP contribution in [0.2, 0.25) is 0 Å². The maximum atomic E-state index is 5.19. The fourth-order valence-electron chi connectivity index (χ4n) is 1.24. The highest BCUT2D eigenvalue weighted by atomic mass is 32.1. The number of hydrogen-bond acceptors (Lipinski definition) is 2. The van der Waals surface area contributed by atoms with E-state index in [0.717, 1.165) is 18.1 Å². The van der Waals surface area contributed by atoms with Crippen LogP contribution in [0.4, 0.5) is 0 Å². The summed E-state index contributed by atoms with van der Waals surface area (Å²) in [4.78, 5) is 6.10. The van der Waals surface area contributed by atoms with Gasteiger partial charge in [-0.1, -0.05) is 0 Å². The molecular weight excluding hydrogens is 158 g/mol. The fraction of sp³-hybridized carbons (Fsp3) is 0.429. The molecule has 2 rings (SSSR count). The van der Waals surface area contributed by atoms with E-state index < -0.39 is 0 Å². The zero-order valence-electron chi connectivity index (χ0n) is 6.32. The molecule has 0 fully saturated rings. The predicted octanol–water partition coefficient (Wildman–Crippen LogP) is 0.504. The average Bonchev–Trinajstić information content (AvgIpc) is 2.45. The lowest BCUT2D eigenvalue weighted by molar-refractivity contribution is 0.471. The zero-order chi connectivity index (χ0) is 7.84. The highest BCUT2D eigenvalue weighted by Crippen LogP contribution is 2.09. The highest BCUT2D eigenvalue weighted by molar-refractivity contribution is 7.80. The Labute approximate surface area is 70.6 Å². The number of hydrogen-bond donors (Lipinski definition) is 0. The second-order valence-corrected chi connectivity index (χ2v) is 3.07. The van der Waals surface area contributed by atoms with Gasteiger partial charge < -0.3 is 4.90 Å². The van der Waals surface area contributed by atoms with E-state index in [9.17, 15) is 0 Å². The zero-order valence-corrected chi connectivity index (χ0v) is 7.14. The molecule has 0 radical (unpaired) electrons. The van der Waals surface area contributed by atoms with E-state index in [2.05, 4.69) is 9.88 Å². The molecule has 0 spiro atoms. The monoisotopic (exact) mass is 167 g/mol. The van der Waals surface area contributed by atoms with Crippen molar-refractivity contribution >= 4 is 17.3 Å². The maximum absolute atomic E-state index is 5.19. The van der Waals surface area contributed by atoms with Crippen LogP contribution >= 0.6 is 12.2 Å². The average molecular weight is 167 g/mol. The first-order valence-electron chi connectivity index (χ1n) is 3.56. The molecule has 0 saturated heterocycles. The Kier molecular flexibility index (Phi) is 1.42. The van der Waals surface area contributed by atoms with Gasteiger partial charge in [0.15, 0.2) is 5.11 Å². The standard InChI is InChI=1S/C7H9N3S/c1-9-3-2-6-4-8-5-10(6)7(9)11/h4-5H,2-3H2,1H3. The van der Waals surface area contributed by atoms with Crippen LogP contribution in [0.1, 0.15) is 5.69 Å². The topological polar surface area (TPSA) is 21.1 Å². The van der Waals surface area contributed by atoms with Crippen LogP contribution in [-0.4, -0.2) is 33.2 Å². The minimum absolute atomic E-state index is 0.851. The Bertz CT molecular complexity index is 292. The predicted molar refractivity (Wildman–Crippen MR) is 46.6 cm³/mol. The molecule has 0 aliphatic carbocycles. The van der Waals surface area contributed by atoms with Crippen molar-refractivity contribution in [3.05, 3.63) is 18.2 Å². The summed E-state index contributed by atoms with van der Waals surface area (Å²) in [6.07, 6.45) is 4.68. The molecule has 1 aromatic heterocycles. The number of aromatic nitrogens is 2. The van der Waals surface area contributed by atoms with Crippen molar-refractivity contribution in [2.45, 2.75) is 6.42 Å². The number of thiocarbonyl (C=S) groups is 1. The molecule has 0 saturated carbocycles. The molecular formula is C7H9N3S. The first-order valence-corrected chi connectivity index (χ1v) is 3.96. The molecule has 4 heteroatoms. The lowest BCUT2D eigenvalue weighted by Crippen LogP contribution is -2.37. The number of imidazole rings is 1. The van der Waals surface area contributed by atoms with Gasteiger partial charge in [-0.05, 0) is 12.2 Å². The van der Waals surface area contributed by atoms with Crippen molar-refractivity contribution in [3.63, 3.8) is 0 Å². The van der Waals surface area contributed by atoms with Crippen molar-refractivity contribution in [2.75, 3.05) is 13.6 Å². The van der Waals surface area contributed by atoms with Gasteiger partial charge in [-0.2, -0.15) is 0 Å². The Hall–Kier alpha value is -0.900. The van der Waals surface area contributed by atoms with Gasteiger partial charge in [0.05, 0.1) is 0 Å². The van der Waals surface area contributed by atoms with Gasteiger partial charge in [0.1, 0.15) is 6.33 Å². The molecule has 0 bridgehead atoms. The van der Waals surface area contributed by atoms with Crippen molar-refractivity contribution in [1.29, 1.82) is 0 Å². The third-order valence-corrected chi connectivity index (χ3v) is 2.46. The maximum Gasteiger partial charge on any atom is 0.181 e. The van der Waals surface area contributed by atoms with Crippen LogP contribution in [0.15, 0.2) is 12.5 Å². The van der Waals surface area contributed by atoms with Crippen LogP contribution in [0.3, 0.4) is 0 Å². The van der Waals surface area contributed by atoms with E-state index in [1.165, 1.54) is 5.69 Å². The summed E-state index contributed by atoms with van der Waals surface area (Å²) in [6.45, 7) is 1.00. The summed E-state index contributed by atoms with van der Waals surface area (Å²) >= 11 is 5.19. The largest absolute Gasteiger partial charge is 0.351 e. The summed E-state index contributed by atoms with van der Waals surface area (Å²) in [5, 5.41) is 0.851. The van der Waals surface area contributed by atoms with E-state index in [-0.39, 0.29) is 0 Å². The fourth-order valence-corrected chi connectivity index (χ4v) is 1.50. The van der Waals surface area contributed by atoms with Gasteiger partial charge in [0, 0.05) is 31.9 Å². The van der Waals surface area contributed by atoms with Gasteiger partial charge in [0.25, 0.3) is 0 Å². The van der Waals surface area contributed by atoms with E-state index in [0.29, 0.717) is 0 Å². The summed E-state index contributed by atoms with van der Waals surface area (Å²) in [6, 6.07) is 0. The molecule has 1 aliphatic rings. The first-order chi connectivity index (χ1) is 5.29. The van der Waals surface area contributed by atoms with Crippen LogP contribution in [-0.2, 0) is 6.42 Å². The quantitative estimate of drug-likeness (QED) is 0.525. The minimum atomic E-state index is 0.851. The summed E-state index contributed by atoms with van der Waals surface area (Å²) in [5.41, 5.74) is 1.22. The molecule has 0 aromatic carbocycles. The first kappa shape index (κ1) is 6.79. The van der Waals surface area contributed by atoms with Gasteiger partial charge in [0.2, 0.25) is 0 Å². The van der Waals surface area contributed by atoms with Crippen molar-refractivity contribution in [2.24, 2.45) is 0 Å². The van der Waals surface area contributed by atoms with E-state index in [4.69, 9.17) is 12.2 Å². The summed E-state index contributed by atoms with van der Waals surface area (Å²) in [5.74, 6) is 0. The molecule has 0 unspecified atom stereocenters. The number of fused-ring (bicyclic) bond motifs is 1. The SMILES string of the molecule is CN1CCc2cncn2C1=S. The van der Waals surface area contributed by atoms with Gasteiger partial charge in [-0.3, -0.25) is 4.57 Å². The lowest BCUT2D eigenvalue weighted by Gasteiger charge is -2.26. The van der Waals surface area contributed by atoms with Gasteiger partial charge in [-0.15, -0.1) is 0 Å². The molecule has 58 valence electrons. The minimum Gasteiger partial charge on any atom is -0.351 e. The molecule has 1 aliphatic heterocycles. The van der Waals surface area contributed by atoms with Crippen molar-refractivity contribution < 1.29 is 0 Å². The van der Waals surface area contributed by atoms with Crippen LogP contribution < -0.4 is 0 Å². The van der Waals surface area contributed by atoms with Gasteiger partial charge in [-0.25, -0.2) is 4.98 Å². The smallest absolute Gasteiger partial charge is 0.181 e. The van der Waals surface area contributed by atoms with Crippen molar-refractivity contribution in [3.8, 4) is 0 Å². The Morgan fingerprint density at radius 1 is 1.64 bits per heavy atom. The van der Waals surface area contributed by atoms with Crippen LogP contribution in [0, 0.1) is 0 Å². The highest BCUT2D eigenvalue weighted by Gasteiger charge is 2.16. The Morgan fingerprint density at radius 2 is 2.45 bits per heavy atom. The number of likely N-dealkylation sites (N-methyl/N-ethyl adjacent to an activating group) is 1. The number of nitrogens with zero attached hydrogens (tertiary/aromatic N) is 3. The van der Waals surface area contributed by atoms with Crippen LogP contribution in [0.25, 0.3) is 0 Å². The van der Waals surface area contributed by atoms with Gasteiger partial charge >= 0.3 is 0 Å². The number of rotatable bonds is 0. The van der Waals surface area contributed by atoms with Crippen molar-refractivity contribution in [1.82, 2.24) is 14.5 Å². The van der Waals surface area contributed by atoms with E-state index in [1.807, 2.05) is 17.8 Å². The lowest BCUT2D eigenvalue weighted by atomic mass is 10.3. The molecule has 11 heavy (non-hydrogen) atoms.